The highest BCUT2D eigenvalue weighted by atomic mass is 32.2. The molecule has 1 aliphatic rings. The van der Waals surface area contributed by atoms with Gasteiger partial charge in [0.25, 0.3) is 5.56 Å². The normalized spacial score (nSPS) is 13.3. The van der Waals surface area contributed by atoms with E-state index in [1.165, 1.54) is 35.0 Å². The number of carbonyl (C=O) groups is 2. The predicted molar refractivity (Wildman–Crippen MR) is 96.8 cm³/mol. The number of fused-ring (bicyclic) bond motifs is 1. The lowest BCUT2D eigenvalue weighted by atomic mass is 10.3. The van der Waals surface area contributed by atoms with Gasteiger partial charge >= 0.3 is 0 Å². The van der Waals surface area contributed by atoms with Crippen LogP contribution in [0.1, 0.15) is 0 Å². The number of nitrogens with zero attached hydrogens (tertiary/aromatic N) is 3. The number of para-hydroxylation sites is 1. The molecule has 0 aliphatic carbocycles. The van der Waals surface area contributed by atoms with Gasteiger partial charge in [0.15, 0.2) is 0 Å². The fourth-order valence-electron chi connectivity index (χ4n) is 2.53. The number of nitrogens with one attached hydrogen (secondary N) is 1. The smallest absolute Gasteiger partial charge is 0.292 e. The Kier molecular flexibility index (Phi) is 5.36. The van der Waals surface area contributed by atoms with Crippen LogP contribution in [0.25, 0.3) is 0 Å². The van der Waals surface area contributed by atoms with Crippen molar-refractivity contribution < 1.29 is 18.4 Å². The summed E-state index contributed by atoms with van der Waals surface area (Å²) < 4.78 is 28.1. The number of halogens is 2. The number of rotatable bonds is 5. The summed E-state index contributed by atoms with van der Waals surface area (Å²) in [5, 5.41) is 6.00. The Bertz CT molecular complexity index is 972. The molecule has 2 aromatic rings. The van der Waals surface area contributed by atoms with E-state index < -0.39 is 35.3 Å². The van der Waals surface area contributed by atoms with Crippen LogP contribution in [-0.2, 0) is 16.1 Å². The van der Waals surface area contributed by atoms with E-state index >= 15 is 0 Å². The van der Waals surface area contributed by atoms with Gasteiger partial charge in [-0.25, -0.2) is 13.5 Å². The highest BCUT2D eigenvalue weighted by Crippen LogP contribution is 2.31. The van der Waals surface area contributed by atoms with Crippen LogP contribution < -0.4 is 15.8 Å². The average molecular weight is 392 g/mol. The second-order valence-corrected chi connectivity index (χ2v) is 6.56. The van der Waals surface area contributed by atoms with E-state index in [9.17, 15) is 23.2 Å². The molecule has 0 atom stereocenters. The Morgan fingerprint density at radius 1 is 1.33 bits per heavy atom. The zero-order chi connectivity index (χ0) is 19.6. The number of thioether (sulfide) groups is 1. The summed E-state index contributed by atoms with van der Waals surface area (Å²) in [7, 11) is 0. The first-order valence-corrected chi connectivity index (χ1v) is 8.79. The quantitative estimate of drug-likeness (QED) is 0.785. The van der Waals surface area contributed by atoms with Gasteiger partial charge in [0.2, 0.25) is 11.8 Å². The third-order valence-electron chi connectivity index (χ3n) is 3.74. The molecule has 0 unspecified atom stereocenters. The maximum Gasteiger partial charge on any atom is 0.292 e. The fourth-order valence-corrected chi connectivity index (χ4v) is 3.42. The molecule has 0 radical (unpaired) electrons. The number of amides is 2. The number of aromatic nitrogens is 2. The highest BCUT2D eigenvalue weighted by molar-refractivity contribution is 8.00. The van der Waals surface area contributed by atoms with Crippen LogP contribution >= 0.6 is 11.8 Å². The number of benzene rings is 1. The summed E-state index contributed by atoms with van der Waals surface area (Å²) in [6.45, 7) is 3.13. The molecule has 0 bridgehead atoms. The van der Waals surface area contributed by atoms with Crippen molar-refractivity contribution in [1.82, 2.24) is 9.78 Å². The van der Waals surface area contributed by atoms with Gasteiger partial charge in [-0.15, -0.1) is 18.3 Å². The van der Waals surface area contributed by atoms with E-state index in [0.717, 1.165) is 16.8 Å². The summed E-state index contributed by atoms with van der Waals surface area (Å²) >= 11 is 1.17. The zero-order valence-electron chi connectivity index (χ0n) is 13.9. The minimum absolute atomic E-state index is 0.107. The molecule has 0 saturated heterocycles. The molecule has 10 heteroatoms. The topological polar surface area (TPSA) is 84.3 Å². The number of anilines is 2. The largest absolute Gasteiger partial charge is 0.320 e. The zero-order valence-corrected chi connectivity index (χ0v) is 14.8. The molecule has 27 heavy (non-hydrogen) atoms. The van der Waals surface area contributed by atoms with Gasteiger partial charge in [-0.1, -0.05) is 12.1 Å². The highest BCUT2D eigenvalue weighted by Gasteiger charge is 2.28. The Morgan fingerprint density at radius 3 is 2.70 bits per heavy atom. The molecule has 1 aromatic heterocycles. The van der Waals surface area contributed by atoms with Gasteiger partial charge in [0, 0.05) is 6.54 Å². The maximum atomic E-state index is 13.6. The van der Waals surface area contributed by atoms with Crippen LogP contribution in [0.3, 0.4) is 0 Å². The molecule has 1 N–H and O–H groups in total. The standard InChI is InChI=1S/C17H14F2N4O3S/c1-2-6-22-14(25)9-27-12-7-20-23(17(26)16(12)22)8-13(24)21-15-10(18)4-3-5-11(15)19/h2-5,7H,1,6,8-9H2,(H,21,24). The monoisotopic (exact) mass is 392 g/mol. The van der Waals surface area contributed by atoms with Crippen LogP contribution in [-0.4, -0.2) is 33.9 Å². The van der Waals surface area contributed by atoms with Crippen molar-refractivity contribution in [3.05, 3.63) is 59.0 Å². The summed E-state index contributed by atoms with van der Waals surface area (Å²) in [4.78, 5) is 38.7. The van der Waals surface area contributed by atoms with E-state index in [2.05, 4.69) is 17.0 Å². The average Bonchev–Trinajstić information content (AvgIpc) is 2.63. The Morgan fingerprint density at radius 2 is 2.04 bits per heavy atom. The van der Waals surface area contributed by atoms with Crippen LogP contribution in [0.2, 0.25) is 0 Å². The fraction of sp³-hybridized carbons (Fsp3) is 0.176. The Hall–Kier alpha value is -3.01. The Balaban J connectivity index is 1.88. The van der Waals surface area contributed by atoms with Gasteiger partial charge in [-0.05, 0) is 12.1 Å². The van der Waals surface area contributed by atoms with Crippen molar-refractivity contribution in [3.63, 3.8) is 0 Å². The molecule has 3 rings (SSSR count). The van der Waals surface area contributed by atoms with Crippen molar-refractivity contribution in [2.75, 3.05) is 22.5 Å². The number of hydrogen-bond acceptors (Lipinski definition) is 5. The third kappa shape index (κ3) is 3.75. The van der Waals surface area contributed by atoms with Crippen molar-refractivity contribution in [2.45, 2.75) is 11.4 Å². The van der Waals surface area contributed by atoms with Gasteiger partial charge in [-0.2, -0.15) is 5.10 Å². The molecule has 0 fully saturated rings. The van der Waals surface area contributed by atoms with E-state index in [-0.39, 0.29) is 23.9 Å². The van der Waals surface area contributed by atoms with Crippen molar-refractivity contribution in [3.8, 4) is 0 Å². The van der Waals surface area contributed by atoms with E-state index in [4.69, 9.17) is 0 Å². The molecule has 140 valence electrons. The SMILES string of the molecule is C=CCN1C(=O)CSc2cnn(CC(=O)Nc3c(F)cccc3F)c(=O)c21. The molecule has 7 nitrogen and oxygen atoms in total. The summed E-state index contributed by atoms with van der Waals surface area (Å²) in [5.41, 5.74) is -1.15. The number of hydrogen-bond donors (Lipinski definition) is 1. The van der Waals surface area contributed by atoms with Gasteiger partial charge in [0.05, 0.1) is 16.8 Å². The van der Waals surface area contributed by atoms with Gasteiger partial charge in [-0.3, -0.25) is 14.4 Å². The van der Waals surface area contributed by atoms with Crippen LogP contribution in [0.15, 0.2) is 46.7 Å². The van der Waals surface area contributed by atoms with Crippen molar-refractivity contribution in [1.29, 1.82) is 0 Å². The maximum absolute atomic E-state index is 13.6. The third-order valence-corrected chi connectivity index (χ3v) is 4.74. The van der Waals surface area contributed by atoms with Gasteiger partial charge < -0.3 is 10.2 Å². The summed E-state index contributed by atoms with van der Waals surface area (Å²) in [6.07, 6.45) is 2.86. The first-order valence-electron chi connectivity index (χ1n) is 7.80. The van der Waals surface area contributed by atoms with E-state index in [1.807, 2.05) is 0 Å². The van der Waals surface area contributed by atoms with E-state index in [0.29, 0.717) is 4.90 Å². The minimum Gasteiger partial charge on any atom is -0.320 e. The molecular weight excluding hydrogens is 378 g/mol. The summed E-state index contributed by atoms with van der Waals surface area (Å²) in [5.74, 6) is -2.81. The molecule has 0 saturated carbocycles. The first kappa shape index (κ1) is 18.8. The molecule has 1 aromatic carbocycles. The second-order valence-electron chi connectivity index (χ2n) is 5.55. The Labute approximate surface area is 156 Å². The molecule has 2 heterocycles. The van der Waals surface area contributed by atoms with Crippen LogP contribution in [0, 0.1) is 11.6 Å². The second kappa shape index (κ2) is 7.70. The number of carbonyl (C=O) groups excluding carboxylic acids is 2. The lowest BCUT2D eigenvalue weighted by Gasteiger charge is -2.27. The molecule has 2 amide bonds. The predicted octanol–water partition coefficient (Wildman–Crippen LogP) is 1.78. The first-order chi connectivity index (χ1) is 12.9. The van der Waals surface area contributed by atoms with Crippen LogP contribution in [0.5, 0.6) is 0 Å². The van der Waals surface area contributed by atoms with Crippen molar-refractivity contribution >= 4 is 35.0 Å². The molecule has 0 spiro atoms. The minimum atomic E-state index is -0.937. The molecular formula is C17H14F2N4O3S. The van der Waals surface area contributed by atoms with E-state index in [1.54, 1.807) is 0 Å². The molecule has 1 aliphatic heterocycles. The van der Waals surface area contributed by atoms with Crippen molar-refractivity contribution in [2.24, 2.45) is 0 Å². The van der Waals surface area contributed by atoms with Crippen LogP contribution in [0.4, 0.5) is 20.2 Å². The lowest BCUT2D eigenvalue weighted by molar-refractivity contribution is -0.117. The lowest BCUT2D eigenvalue weighted by Crippen LogP contribution is -2.42. The summed E-state index contributed by atoms with van der Waals surface area (Å²) in [6, 6.07) is 3.16. The van der Waals surface area contributed by atoms with Gasteiger partial charge in [0.1, 0.15) is 29.6 Å².